The van der Waals surface area contributed by atoms with E-state index >= 15 is 0 Å². The summed E-state index contributed by atoms with van der Waals surface area (Å²) in [6.45, 7) is 0. The highest BCUT2D eigenvalue weighted by Gasteiger charge is 2.17. The van der Waals surface area contributed by atoms with E-state index in [-0.39, 0.29) is 10.7 Å². The number of aromatic nitrogens is 3. The maximum absolute atomic E-state index is 11.4. The highest BCUT2D eigenvalue weighted by molar-refractivity contribution is 7.99. The molecule has 0 atom stereocenters. The van der Waals surface area contributed by atoms with Gasteiger partial charge in [-0.3, -0.25) is 19.4 Å². The van der Waals surface area contributed by atoms with Crippen LogP contribution in [0.25, 0.3) is 0 Å². The Labute approximate surface area is 127 Å². The number of carboxylic acid groups (broad SMARTS) is 1. The van der Waals surface area contributed by atoms with Gasteiger partial charge in [0.05, 0.1) is 5.56 Å². The Kier molecular flexibility index (Phi) is 4.53. The van der Waals surface area contributed by atoms with Crippen LogP contribution in [0.4, 0.5) is 0 Å². The first-order chi connectivity index (χ1) is 9.93. The van der Waals surface area contributed by atoms with Crippen LogP contribution in [0.15, 0.2) is 42.7 Å². The minimum atomic E-state index is -1.06. The molecule has 1 aromatic heterocycles. The molecule has 2 rings (SSSR count). The highest BCUT2D eigenvalue weighted by Crippen LogP contribution is 2.33. The molecule has 9 heteroatoms. The van der Waals surface area contributed by atoms with E-state index in [0.717, 1.165) is 11.8 Å². The number of nitrogens with one attached hydrogen (secondary N) is 1. The summed E-state index contributed by atoms with van der Waals surface area (Å²) in [7, 11) is 1.52. The topological polar surface area (TPSA) is 105 Å². The minimum absolute atomic E-state index is 0.149. The Morgan fingerprint density at radius 2 is 2.00 bits per heavy atom. The number of H-pyrrole nitrogens is 1. The second-order valence-corrected chi connectivity index (χ2v) is 5.80. The lowest BCUT2D eigenvalue weighted by Gasteiger charge is -2.10. The number of aromatic carboxylic acids is 1. The maximum Gasteiger partial charge on any atom is 0.339 e. The molecule has 1 heterocycles. The maximum atomic E-state index is 11.4. The Bertz CT molecular complexity index is 813. The number of carboxylic acids is 1. The molecule has 0 aliphatic heterocycles. The largest absolute Gasteiger partial charge is 0.478 e. The zero-order valence-corrected chi connectivity index (χ0v) is 12.7. The molecular formula is C12H11N3O4S2. The predicted molar refractivity (Wildman–Crippen MR) is 79.4 cm³/mol. The van der Waals surface area contributed by atoms with Crippen LogP contribution < -0.4 is 11.1 Å². The van der Waals surface area contributed by atoms with Crippen LogP contribution in [-0.4, -0.2) is 32.1 Å². The fraction of sp³-hybridized carbons (Fsp3) is 0.167. The van der Waals surface area contributed by atoms with Crippen LogP contribution in [0.3, 0.4) is 0 Å². The van der Waals surface area contributed by atoms with Crippen molar-refractivity contribution in [2.45, 2.75) is 14.9 Å². The van der Waals surface area contributed by atoms with Crippen molar-refractivity contribution in [3.8, 4) is 0 Å². The number of nitrogens with zero attached hydrogens (tertiary/aromatic N) is 2. The lowest BCUT2D eigenvalue weighted by atomic mass is 10.2. The molecular weight excluding hydrogens is 314 g/mol. The number of aryl methyl sites for hydroxylation is 1. The van der Waals surface area contributed by atoms with Gasteiger partial charge >= 0.3 is 17.1 Å². The van der Waals surface area contributed by atoms with Crippen LogP contribution in [0.5, 0.6) is 0 Å². The molecule has 0 saturated carbocycles. The first kappa shape index (κ1) is 15.4. The van der Waals surface area contributed by atoms with E-state index < -0.39 is 17.1 Å². The van der Waals surface area contributed by atoms with Gasteiger partial charge in [-0.2, -0.15) is 4.98 Å². The van der Waals surface area contributed by atoms with E-state index in [0.29, 0.717) is 9.79 Å². The number of rotatable bonds is 4. The SMILES string of the molecule is CSc1cccc(Sc2nc(=O)c(=O)[nH]n2C)c1C(=O)O. The molecule has 21 heavy (non-hydrogen) atoms. The standard InChI is InChI=1S/C12H11N3O4S2/c1-15-12(13-9(16)10(17)14-15)21-7-5-3-4-6(20-2)8(7)11(18)19/h3-5H,1-2H3,(H,14,17)(H,18,19). The fourth-order valence-corrected chi connectivity index (χ4v) is 3.26. The predicted octanol–water partition coefficient (Wildman–Crippen LogP) is 1.04. The molecule has 0 aliphatic rings. The average molecular weight is 325 g/mol. The Morgan fingerprint density at radius 3 is 2.62 bits per heavy atom. The minimum Gasteiger partial charge on any atom is -0.478 e. The van der Waals surface area contributed by atoms with E-state index in [4.69, 9.17) is 0 Å². The van der Waals surface area contributed by atoms with Gasteiger partial charge in [-0.05, 0) is 30.2 Å². The van der Waals surface area contributed by atoms with Crippen molar-refractivity contribution in [1.29, 1.82) is 0 Å². The lowest BCUT2D eigenvalue weighted by molar-refractivity contribution is 0.0689. The summed E-state index contributed by atoms with van der Waals surface area (Å²) in [6, 6.07) is 5.06. The number of hydrogen-bond acceptors (Lipinski definition) is 6. The van der Waals surface area contributed by atoms with Crippen molar-refractivity contribution >= 4 is 29.5 Å². The fourth-order valence-electron chi connectivity index (χ4n) is 1.63. The molecule has 2 aromatic rings. The molecule has 7 nitrogen and oxygen atoms in total. The zero-order valence-electron chi connectivity index (χ0n) is 11.1. The molecule has 0 spiro atoms. The summed E-state index contributed by atoms with van der Waals surface area (Å²) in [5.41, 5.74) is -1.58. The Hall–Kier alpha value is -2.00. The van der Waals surface area contributed by atoms with Crippen LogP contribution >= 0.6 is 23.5 Å². The highest BCUT2D eigenvalue weighted by atomic mass is 32.2. The summed E-state index contributed by atoms with van der Waals surface area (Å²) in [5, 5.41) is 11.9. The zero-order chi connectivity index (χ0) is 15.6. The van der Waals surface area contributed by atoms with Crippen molar-refractivity contribution < 1.29 is 9.90 Å². The Balaban J connectivity index is 2.55. The van der Waals surface area contributed by atoms with Gasteiger partial charge in [-0.15, -0.1) is 11.8 Å². The van der Waals surface area contributed by atoms with Crippen LogP contribution in [0, 0.1) is 0 Å². The van der Waals surface area contributed by atoms with Crippen LogP contribution in [0.1, 0.15) is 10.4 Å². The normalized spacial score (nSPS) is 10.6. The second-order valence-electron chi connectivity index (χ2n) is 3.94. The van der Waals surface area contributed by atoms with Crippen LogP contribution in [0.2, 0.25) is 0 Å². The molecule has 110 valence electrons. The number of benzene rings is 1. The lowest BCUT2D eigenvalue weighted by Crippen LogP contribution is -2.33. The molecule has 1 aromatic carbocycles. The van der Waals surface area contributed by atoms with Crippen molar-refractivity contribution in [2.75, 3.05) is 6.26 Å². The first-order valence-electron chi connectivity index (χ1n) is 5.69. The number of hydrogen-bond donors (Lipinski definition) is 2. The number of aromatic amines is 1. The second kappa shape index (κ2) is 6.19. The summed E-state index contributed by atoms with van der Waals surface area (Å²) >= 11 is 2.33. The van der Waals surface area contributed by atoms with E-state index in [9.17, 15) is 19.5 Å². The number of thioether (sulfide) groups is 1. The van der Waals surface area contributed by atoms with Crippen molar-refractivity contribution in [3.05, 3.63) is 44.5 Å². The van der Waals surface area contributed by atoms with Crippen molar-refractivity contribution in [3.63, 3.8) is 0 Å². The van der Waals surface area contributed by atoms with Gasteiger partial charge in [0, 0.05) is 16.8 Å². The van der Waals surface area contributed by atoms with Crippen LogP contribution in [-0.2, 0) is 7.05 Å². The summed E-state index contributed by atoms with van der Waals surface area (Å²) in [6.07, 6.45) is 1.78. The van der Waals surface area contributed by atoms with Crippen molar-refractivity contribution in [2.24, 2.45) is 7.05 Å². The monoisotopic (exact) mass is 325 g/mol. The number of carbonyl (C=O) groups is 1. The van der Waals surface area contributed by atoms with Gasteiger partial charge in [0.1, 0.15) is 0 Å². The molecule has 0 radical (unpaired) electrons. The van der Waals surface area contributed by atoms with E-state index in [1.807, 2.05) is 0 Å². The summed E-state index contributed by atoms with van der Waals surface area (Å²) in [5.74, 6) is -1.06. The van der Waals surface area contributed by atoms with Gasteiger partial charge in [0.2, 0.25) is 0 Å². The third kappa shape index (κ3) is 3.19. The van der Waals surface area contributed by atoms with Gasteiger partial charge in [-0.25, -0.2) is 4.79 Å². The third-order valence-electron chi connectivity index (χ3n) is 2.57. The molecule has 0 saturated heterocycles. The van der Waals surface area contributed by atoms with Gasteiger partial charge in [0.25, 0.3) is 0 Å². The average Bonchev–Trinajstić information content (AvgIpc) is 2.44. The van der Waals surface area contributed by atoms with E-state index in [1.165, 1.54) is 23.5 Å². The smallest absolute Gasteiger partial charge is 0.339 e. The molecule has 0 bridgehead atoms. The van der Waals surface area contributed by atoms with Crippen molar-refractivity contribution in [1.82, 2.24) is 14.8 Å². The molecule has 0 fully saturated rings. The van der Waals surface area contributed by atoms with E-state index in [1.54, 1.807) is 24.5 Å². The summed E-state index contributed by atoms with van der Waals surface area (Å²) in [4.78, 5) is 38.6. The first-order valence-corrected chi connectivity index (χ1v) is 7.73. The van der Waals surface area contributed by atoms with Gasteiger partial charge < -0.3 is 5.11 Å². The molecule has 0 amide bonds. The van der Waals surface area contributed by atoms with Gasteiger partial charge in [-0.1, -0.05) is 6.07 Å². The third-order valence-corrected chi connectivity index (χ3v) is 4.46. The quantitative estimate of drug-likeness (QED) is 0.639. The van der Waals surface area contributed by atoms with Gasteiger partial charge in [0.15, 0.2) is 5.16 Å². The molecule has 0 aliphatic carbocycles. The molecule has 0 unspecified atom stereocenters. The molecule has 2 N–H and O–H groups in total. The summed E-state index contributed by atoms with van der Waals surface area (Å²) < 4.78 is 1.28. The van der Waals surface area contributed by atoms with E-state index in [2.05, 4.69) is 10.1 Å². The Morgan fingerprint density at radius 1 is 1.33 bits per heavy atom.